The van der Waals surface area contributed by atoms with Crippen molar-refractivity contribution in [1.29, 1.82) is 0 Å². The number of hydrogen-bond donors (Lipinski definition) is 1. The van der Waals surface area contributed by atoms with E-state index < -0.39 is 11.2 Å². The highest BCUT2D eigenvalue weighted by molar-refractivity contribution is 6.05. The van der Waals surface area contributed by atoms with E-state index in [4.69, 9.17) is 4.74 Å². The number of H-pyrrole nitrogens is 1. The summed E-state index contributed by atoms with van der Waals surface area (Å²) >= 11 is 0. The number of carbonyl (C=O) groups excluding carboxylic acids is 1. The van der Waals surface area contributed by atoms with Crippen LogP contribution in [0.4, 0.5) is 5.69 Å². The van der Waals surface area contributed by atoms with Gasteiger partial charge in [-0.15, -0.1) is 0 Å². The maximum Gasteiger partial charge on any atom is 0.329 e. The molecule has 34 heavy (non-hydrogen) atoms. The normalized spacial score (nSPS) is 16.1. The van der Waals surface area contributed by atoms with Gasteiger partial charge in [0.05, 0.1) is 24.2 Å². The molecule has 2 aromatic heterocycles. The third-order valence-corrected chi connectivity index (χ3v) is 6.59. The van der Waals surface area contributed by atoms with E-state index in [0.717, 1.165) is 56.1 Å². The molecule has 1 saturated carbocycles. The Hall–Kier alpha value is -3.46. The molecule has 0 bridgehead atoms. The summed E-state index contributed by atoms with van der Waals surface area (Å²) in [5, 5.41) is 0.172. The summed E-state index contributed by atoms with van der Waals surface area (Å²) in [6.45, 7) is 5.77. The second kappa shape index (κ2) is 9.06. The summed E-state index contributed by atoms with van der Waals surface area (Å²) in [5.41, 5.74) is 2.40. The van der Waals surface area contributed by atoms with Crippen LogP contribution in [0.15, 0.2) is 39.9 Å². The minimum Gasteiger partial charge on any atom is -0.378 e. The summed E-state index contributed by atoms with van der Waals surface area (Å²) in [5.74, 6) is 0.00652. The van der Waals surface area contributed by atoms with Crippen LogP contribution < -0.4 is 16.1 Å². The Balaban J connectivity index is 1.45. The fourth-order valence-electron chi connectivity index (χ4n) is 4.53. The predicted octanol–water partition coefficient (Wildman–Crippen LogP) is 2.09. The number of carbonyl (C=O) groups is 1. The van der Waals surface area contributed by atoms with E-state index in [2.05, 4.69) is 27.0 Å². The van der Waals surface area contributed by atoms with Gasteiger partial charge >= 0.3 is 5.69 Å². The molecule has 9 nitrogen and oxygen atoms in total. The third kappa shape index (κ3) is 4.23. The van der Waals surface area contributed by atoms with Crippen molar-refractivity contribution >= 4 is 22.6 Å². The number of nitrogens with zero attached hydrogens (tertiary/aromatic N) is 4. The molecule has 1 aromatic carbocycles. The molecule has 5 rings (SSSR count). The predicted molar refractivity (Wildman–Crippen MR) is 130 cm³/mol. The average Bonchev–Trinajstić information content (AvgIpc) is 3.70. The zero-order valence-electron chi connectivity index (χ0n) is 19.5. The van der Waals surface area contributed by atoms with Gasteiger partial charge in [-0.25, -0.2) is 9.78 Å². The molecular formula is C25H29N5O4. The van der Waals surface area contributed by atoms with Crippen LogP contribution in [0.3, 0.4) is 0 Å². The molecule has 1 N–H and O–H groups in total. The van der Waals surface area contributed by atoms with Gasteiger partial charge in [0.25, 0.3) is 11.5 Å². The second-order valence-corrected chi connectivity index (χ2v) is 9.00. The van der Waals surface area contributed by atoms with Gasteiger partial charge in [0.15, 0.2) is 5.65 Å². The highest BCUT2D eigenvalue weighted by Gasteiger charge is 2.29. The van der Waals surface area contributed by atoms with Crippen molar-refractivity contribution in [3.05, 3.63) is 68.0 Å². The zero-order chi connectivity index (χ0) is 23.8. The number of fused-ring (bicyclic) bond motifs is 1. The van der Waals surface area contributed by atoms with Crippen molar-refractivity contribution < 1.29 is 9.53 Å². The molecule has 0 spiro atoms. The standard InChI is InChI=1S/C25H29N5O4/c1-3-30-22-21(23(31)27-25(30)33)19(14-20(26-22)17-6-7-17)24(32)28(2)15-16-4-8-18(9-5-16)29-10-12-34-13-11-29/h4-5,8-9,14,17H,3,6-7,10-13,15H2,1-2H3,(H,27,31,33). The topological polar surface area (TPSA) is 101 Å². The number of pyridine rings is 1. The van der Waals surface area contributed by atoms with Crippen molar-refractivity contribution in [2.75, 3.05) is 38.3 Å². The number of anilines is 1. The lowest BCUT2D eigenvalue weighted by atomic mass is 10.1. The number of aryl methyl sites for hydroxylation is 1. The number of aromatic nitrogens is 3. The van der Waals surface area contributed by atoms with E-state index in [-0.39, 0.29) is 22.9 Å². The van der Waals surface area contributed by atoms with Crippen molar-refractivity contribution in [3.8, 4) is 0 Å². The molecule has 3 heterocycles. The minimum atomic E-state index is -0.578. The molecule has 2 aliphatic rings. The molecular weight excluding hydrogens is 434 g/mol. The van der Waals surface area contributed by atoms with Crippen molar-refractivity contribution in [2.24, 2.45) is 0 Å². The Morgan fingerprint density at radius 1 is 1.18 bits per heavy atom. The molecule has 3 aromatic rings. The molecule has 1 aliphatic carbocycles. The molecule has 178 valence electrons. The van der Waals surface area contributed by atoms with Crippen LogP contribution in [0.1, 0.15) is 47.3 Å². The molecule has 0 radical (unpaired) electrons. The van der Waals surface area contributed by atoms with E-state index in [0.29, 0.717) is 18.7 Å². The van der Waals surface area contributed by atoms with E-state index in [1.807, 2.05) is 19.1 Å². The quantitative estimate of drug-likeness (QED) is 0.601. The highest BCUT2D eigenvalue weighted by Crippen LogP contribution is 2.40. The van der Waals surface area contributed by atoms with Gasteiger partial charge in [-0.1, -0.05) is 12.1 Å². The van der Waals surface area contributed by atoms with E-state index in [9.17, 15) is 14.4 Å². The Bertz CT molecular complexity index is 1330. The van der Waals surface area contributed by atoms with Gasteiger partial charge in [0, 0.05) is 50.5 Å². The van der Waals surface area contributed by atoms with Crippen LogP contribution >= 0.6 is 0 Å². The van der Waals surface area contributed by atoms with Gasteiger partial charge in [0.2, 0.25) is 0 Å². The summed E-state index contributed by atoms with van der Waals surface area (Å²) in [7, 11) is 1.73. The first kappa shape index (κ1) is 22.3. The smallest absolute Gasteiger partial charge is 0.329 e. The third-order valence-electron chi connectivity index (χ3n) is 6.59. The number of amides is 1. The lowest BCUT2D eigenvalue weighted by Gasteiger charge is -2.29. The molecule has 1 aliphatic heterocycles. The molecule has 0 atom stereocenters. The van der Waals surface area contributed by atoms with Gasteiger partial charge in [-0.3, -0.25) is 19.1 Å². The molecule has 0 unspecified atom stereocenters. The molecule has 2 fully saturated rings. The first-order valence-corrected chi connectivity index (χ1v) is 11.8. The number of hydrogen-bond acceptors (Lipinski definition) is 6. The maximum atomic E-state index is 13.5. The summed E-state index contributed by atoms with van der Waals surface area (Å²) in [4.78, 5) is 49.5. The first-order valence-electron chi connectivity index (χ1n) is 11.8. The highest BCUT2D eigenvalue weighted by atomic mass is 16.5. The Morgan fingerprint density at radius 3 is 2.53 bits per heavy atom. The Morgan fingerprint density at radius 2 is 1.88 bits per heavy atom. The number of nitrogens with one attached hydrogen (secondary N) is 1. The zero-order valence-corrected chi connectivity index (χ0v) is 19.5. The average molecular weight is 464 g/mol. The number of morpholine rings is 1. The van der Waals surface area contributed by atoms with Crippen LogP contribution in [0.25, 0.3) is 11.0 Å². The van der Waals surface area contributed by atoms with Crippen LogP contribution in [0.5, 0.6) is 0 Å². The maximum absolute atomic E-state index is 13.5. The van der Waals surface area contributed by atoms with Crippen LogP contribution in [0.2, 0.25) is 0 Å². The monoisotopic (exact) mass is 463 g/mol. The van der Waals surface area contributed by atoms with Crippen LogP contribution in [0, 0.1) is 0 Å². The van der Waals surface area contributed by atoms with Gasteiger partial charge in [-0.05, 0) is 43.5 Å². The molecule has 1 saturated heterocycles. The first-order chi connectivity index (χ1) is 16.5. The molecule has 9 heteroatoms. The summed E-state index contributed by atoms with van der Waals surface area (Å²) in [6.07, 6.45) is 1.99. The number of benzene rings is 1. The van der Waals surface area contributed by atoms with Crippen LogP contribution in [-0.2, 0) is 17.8 Å². The van der Waals surface area contributed by atoms with Crippen LogP contribution in [-0.4, -0.2) is 58.7 Å². The van der Waals surface area contributed by atoms with Crippen molar-refractivity contribution in [2.45, 2.75) is 38.8 Å². The second-order valence-electron chi connectivity index (χ2n) is 9.00. The van der Waals surface area contributed by atoms with Gasteiger partial charge < -0.3 is 14.5 Å². The number of rotatable bonds is 6. The number of ether oxygens (including phenoxy) is 1. The van der Waals surface area contributed by atoms with E-state index in [1.54, 1.807) is 18.0 Å². The largest absolute Gasteiger partial charge is 0.378 e. The van der Waals surface area contributed by atoms with Gasteiger partial charge in [0.1, 0.15) is 0 Å². The minimum absolute atomic E-state index is 0.172. The van der Waals surface area contributed by atoms with Crippen molar-refractivity contribution in [3.63, 3.8) is 0 Å². The fourth-order valence-corrected chi connectivity index (χ4v) is 4.53. The SMILES string of the molecule is CCn1c(=O)[nH]c(=O)c2c(C(=O)N(C)Cc3ccc(N4CCOCC4)cc3)cc(C3CC3)nc21. The van der Waals surface area contributed by atoms with Gasteiger partial charge in [-0.2, -0.15) is 0 Å². The Labute approximate surface area is 197 Å². The van der Waals surface area contributed by atoms with E-state index in [1.165, 1.54) is 4.57 Å². The summed E-state index contributed by atoms with van der Waals surface area (Å²) in [6, 6.07) is 9.92. The number of aromatic amines is 1. The van der Waals surface area contributed by atoms with E-state index >= 15 is 0 Å². The Kier molecular flexibility index (Phi) is 5.95. The lowest BCUT2D eigenvalue weighted by molar-refractivity contribution is 0.0786. The summed E-state index contributed by atoms with van der Waals surface area (Å²) < 4.78 is 6.84. The fraction of sp³-hybridized carbons (Fsp3) is 0.440. The van der Waals surface area contributed by atoms with Crippen molar-refractivity contribution in [1.82, 2.24) is 19.4 Å². The molecule has 1 amide bonds. The lowest BCUT2D eigenvalue weighted by Crippen LogP contribution is -2.36.